The largest absolute Gasteiger partial charge is 0.350 e. The first-order valence-electron chi connectivity index (χ1n) is 8.35. The average molecular weight is 369 g/mol. The fourth-order valence-electron chi connectivity index (χ4n) is 2.88. The van der Waals surface area contributed by atoms with Crippen molar-refractivity contribution in [3.05, 3.63) is 76.9 Å². The second kappa shape index (κ2) is 8.17. The highest BCUT2D eigenvalue weighted by Crippen LogP contribution is 2.23. The van der Waals surface area contributed by atoms with Gasteiger partial charge in [0.2, 0.25) is 0 Å². The molecule has 0 saturated heterocycles. The van der Waals surface area contributed by atoms with Crippen LogP contribution in [0, 0.1) is 0 Å². The molecule has 2 aromatic carbocycles. The van der Waals surface area contributed by atoms with Gasteiger partial charge in [-0.05, 0) is 31.8 Å². The quantitative estimate of drug-likeness (QED) is 0.696. The van der Waals surface area contributed by atoms with Crippen molar-refractivity contribution in [1.29, 1.82) is 0 Å². The number of carbonyl (C=O) groups excluding carboxylic acids is 1. The number of hydrogen-bond donors (Lipinski definition) is 2. The minimum atomic E-state index is -0.161. The molecular weight excluding hydrogens is 348 g/mol. The van der Waals surface area contributed by atoms with Crippen molar-refractivity contribution in [3.63, 3.8) is 0 Å². The zero-order valence-corrected chi connectivity index (χ0v) is 15.5. The molecule has 1 aromatic heterocycles. The highest BCUT2D eigenvalue weighted by atomic mass is 35.5. The van der Waals surface area contributed by atoms with Gasteiger partial charge in [-0.25, -0.2) is 0 Å². The zero-order valence-electron chi connectivity index (χ0n) is 14.7. The molecular formula is C20H21ClN4O. The Labute approximate surface area is 158 Å². The van der Waals surface area contributed by atoms with Gasteiger partial charge in [0, 0.05) is 17.1 Å². The molecule has 0 aliphatic rings. The number of likely N-dealkylation sites (N-methyl/N-ethyl adjacent to an activating group) is 1. The summed E-state index contributed by atoms with van der Waals surface area (Å²) in [5, 5.41) is 10.6. The molecule has 0 aliphatic heterocycles. The van der Waals surface area contributed by atoms with Crippen LogP contribution in [0.3, 0.4) is 0 Å². The van der Waals surface area contributed by atoms with E-state index in [1.807, 2.05) is 68.7 Å². The second-order valence-electron chi connectivity index (χ2n) is 6.27. The third-order valence-electron chi connectivity index (χ3n) is 4.26. The number of nitrogens with one attached hydrogen (secondary N) is 2. The van der Waals surface area contributed by atoms with E-state index in [9.17, 15) is 4.79 Å². The lowest BCUT2D eigenvalue weighted by atomic mass is 10.1. The maximum Gasteiger partial charge on any atom is 0.255 e. The van der Waals surface area contributed by atoms with Crippen LogP contribution in [0.25, 0.3) is 11.3 Å². The molecule has 0 radical (unpaired) electrons. The number of H-pyrrole nitrogens is 1. The molecule has 6 heteroatoms. The first kappa shape index (κ1) is 18.2. The van der Waals surface area contributed by atoms with Crippen LogP contribution in [-0.4, -0.2) is 41.6 Å². The lowest BCUT2D eigenvalue weighted by molar-refractivity contribution is 0.0942. The summed E-state index contributed by atoms with van der Waals surface area (Å²) in [6.07, 6.45) is 1.56. The van der Waals surface area contributed by atoms with Crippen LogP contribution in [0.4, 0.5) is 0 Å². The van der Waals surface area contributed by atoms with Crippen LogP contribution in [0.5, 0.6) is 0 Å². The molecule has 134 valence electrons. The van der Waals surface area contributed by atoms with Crippen molar-refractivity contribution in [3.8, 4) is 11.3 Å². The third-order valence-corrected chi connectivity index (χ3v) is 4.49. The van der Waals surface area contributed by atoms with Crippen molar-refractivity contribution < 1.29 is 4.79 Å². The van der Waals surface area contributed by atoms with Crippen LogP contribution in [0.2, 0.25) is 5.02 Å². The van der Waals surface area contributed by atoms with Crippen molar-refractivity contribution >= 4 is 17.5 Å². The van der Waals surface area contributed by atoms with Gasteiger partial charge in [0.25, 0.3) is 5.91 Å². The summed E-state index contributed by atoms with van der Waals surface area (Å²) < 4.78 is 0. The number of aromatic amines is 1. The van der Waals surface area contributed by atoms with Gasteiger partial charge in [0.15, 0.2) is 0 Å². The van der Waals surface area contributed by atoms with Gasteiger partial charge in [-0.15, -0.1) is 0 Å². The predicted octanol–water partition coefficient (Wildman–Crippen LogP) is 3.76. The van der Waals surface area contributed by atoms with Gasteiger partial charge < -0.3 is 10.2 Å². The van der Waals surface area contributed by atoms with E-state index in [1.54, 1.807) is 6.20 Å². The predicted molar refractivity (Wildman–Crippen MR) is 104 cm³/mol. The van der Waals surface area contributed by atoms with Crippen LogP contribution in [0.1, 0.15) is 22.0 Å². The fraction of sp³-hybridized carbons (Fsp3) is 0.200. The van der Waals surface area contributed by atoms with Crippen LogP contribution in [-0.2, 0) is 0 Å². The number of nitrogens with zero attached hydrogens (tertiary/aromatic N) is 2. The molecule has 3 rings (SSSR count). The van der Waals surface area contributed by atoms with E-state index < -0.39 is 0 Å². The summed E-state index contributed by atoms with van der Waals surface area (Å²) in [6, 6.07) is 17.4. The maximum atomic E-state index is 12.7. The number of amides is 1. The second-order valence-corrected chi connectivity index (χ2v) is 6.71. The highest BCUT2D eigenvalue weighted by molar-refractivity contribution is 6.30. The van der Waals surface area contributed by atoms with E-state index in [0.717, 1.165) is 11.1 Å². The molecule has 26 heavy (non-hydrogen) atoms. The van der Waals surface area contributed by atoms with Gasteiger partial charge in [-0.1, -0.05) is 54.1 Å². The number of hydrogen-bond acceptors (Lipinski definition) is 3. The van der Waals surface area contributed by atoms with E-state index in [1.165, 1.54) is 0 Å². The smallest absolute Gasteiger partial charge is 0.255 e. The maximum absolute atomic E-state index is 12.7. The Morgan fingerprint density at radius 2 is 1.96 bits per heavy atom. The van der Waals surface area contributed by atoms with E-state index in [-0.39, 0.29) is 11.9 Å². The van der Waals surface area contributed by atoms with Gasteiger partial charge in [-0.3, -0.25) is 9.89 Å². The minimum Gasteiger partial charge on any atom is -0.350 e. The van der Waals surface area contributed by atoms with Gasteiger partial charge in [0.1, 0.15) is 0 Å². The first-order chi connectivity index (χ1) is 12.6. The molecule has 0 fully saturated rings. The third kappa shape index (κ3) is 4.12. The Bertz CT molecular complexity index is 876. The van der Waals surface area contributed by atoms with Crippen molar-refractivity contribution in [2.45, 2.75) is 6.04 Å². The topological polar surface area (TPSA) is 61.0 Å². The van der Waals surface area contributed by atoms with Crippen molar-refractivity contribution in [2.75, 3.05) is 20.6 Å². The van der Waals surface area contributed by atoms with Crippen molar-refractivity contribution in [1.82, 2.24) is 20.4 Å². The lowest BCUT2D eigenvalue weighted by Crippen LogP contribution is -2.34. The summed E-state index contributed by atoms with van der Waals surface area (Å²) >= 11 is 6.11. The van der Waals surface area contributed by atoms with Crippen molar-refractivity contribution in [2.24, 2.45) is 0 Å². The molecule has 0 aliphatic carbocycles. The molecule has 0 unspecified atom stereocenters. The van der Waals surface area contributed by atoms with Gasteiger partial charge >= 0.3 is 0 Å². The highest BCUT2D eigenvalue weighted by Gasteiger charge is 2.19. The Kier molecular flexibility index (Phi) is 5.71. The number of halogens is 1. The Morgan fingerprint density at radius 3 is 2.65 bits per heavy atom. The van der Waals surface area contributed by atoms with Crippen LogP contribution >= 0.6 is 11.6 Å². The van der Waals surface area contributed by atoms with Gasteiger partial charge in [0.05, 0.1) is 23.5 Å². The number of carbonyl (C=O) groups is 1. The molecule has 1 heterocycles. The average Bonchev–Trinajstić information content (AvgIpc) is 3.12. The summed E-state index contributed by atoms with van der Waals surface area (Å²) in [7, 11) is 3.95. The van der Waals surface area contributed by atoms with Crippen LogP contribution in [0.15, 0.2) is 60.8 Å². The van der Waals surface area contributed by atoms with Gasteiger partial charge in [-0.2, -0.15) is 5.10 Å². The molecule has 3 aromatic rings. The molecule has 0 saturated carbocycles. The summed E-state index contributed by atoms with van der Waals surface area (Å²) in [5.41, 5.74) is 3.22. The van der Waals surface area contributed by atoms with E-state index in [0.29, 0.717) is 22.8 Å². The van der Waals surface area contributed by atoms with E-state index >= 15 is 0 Å². The van der Waals surface area contributed by atoms with Crippen LogP contribution < -0.4 is 5.32 Å². The molecule has 1 atom stereocenters. The van der Waals surface area contributed by atoms with E-state index in [4.69, 9.17) is 11.6 Å². The summed E-state index contributed by atoms with van der Waals surface area (Å²) in [5.74, 6) is -0.161. The Balaban J connectivity index is 1.75. The molecule has 0 bridgehead atoms. The Morgan fingerprint density at radius 1 is 1.19 bits per heavy atom. The monoisotopic (exact) mass is 368 g/mol. The molecule has 1 amide bonds. The number of benzene rings is 2. The Hall–Kier alpha value is -2.63. The summed E-state index contributed by atoms with van der Waals surface area (Å²) in [6.45, 7) is 0.464. The fourth-order valence-corrected chi connectivity index (χ4v) is 3.08. The normalized spacial score (nSPS) is 12.2. The minimum absolute atomic E-state index is 0.0183. The zero-order chi connectivity index (χ0) is 18.5. The molecule has 5 nitrogen and oxygen atoms in total. The standard InChI is InChI=1S/C20H21ClN4O/c1-25(2)18(15-9-6-10-16(21)11-15)13-22-20(26)17-12-23-24-19(17)14-7-4-3-5-8-14/h3-12,18H,13H2,1-2H3,(H,22,26)(H,23,24)/t18-/m1/s1. The number of aromatic nitrogens is 2. The molecule has 0 spiro atoms. The first-order valence-corrected chi connectivity index (χ1v) is 8.73. The SMILES string of the molecule is CN(C)[C@H](CNC(=O)c1cn[nH]c1-c1ccccc1)c1cccc(Cl)c1. The number of rotatable bonds is 6. The molecule has 2 N–H and O–H groups in total. The van der Waals surface area contributed by atoms with E-state index in [2.05, 4.69) is 20.4 Å². The summed E-state index contributed by atoms with van der Waals surface area (Å²) in [4.78, 5) is 14.8. The lowest BCUT2D eigenvalue weighted by Gasteiger charge is -2.25.